The highest BCUT2D eigenvalue weighted by Gasteiger charge is 2.16. The quantitative estimate of drug-likeness (QED) is 0.830. The summed E-state index contributed by atoms with van der Waals surface area (Å²) in [6.07, 6.45) is 3.46. The Balaban J connectivity index is 1.85. The zero-order valence-corrected chi connectivity index (χ0v) is 12.1. The summed E-state index contributed by atoms with van der Waals surface area (Å²) < 4.78 is 10.2. The van der Waals surface area contributed by atoms with E-state index in [4.69, 9.17) is 9.47 Å². The molecular formula is C15H20N2O4. The summed E-state index contributed by atoms with van der Waals surface area (Å²) in [7, 11) is 0. The number of rotatable bonds is 5. The first-order valence-electron chi connectivity index (χ1n) is 7.19. The van der Waals surface area contributed by atoms with Crippen LogP contribution < -0.4 is 5.32 Å². The van der Waals surface area contributed by atoms with E-state index in [0.29, 0.717) is 36.9 Å². The van der Waals surface area contributed by atoms with Crippen LogP contribution in [0.25, 0.3) is 0 Å². The van der Waals surface area contributed by atoms with Gasteiger partial charge in [0.25, 0.3) is 5.91 Å². The van der Waals surface area contributed by atoms with Crippen LogP contribution in [0.15, 0.2) is 18.3 Å². The van der Waals surface area contributed by atoms with Gasteiger partial charge in [-0.1, -0.05) is 0 Å². The van der Waals surface area contributed by atoms with E-state index in [1.807, 2.05) is 0 Å². The van der Waals surface area contributed by atoms with Crippen molar-refractivity contribution in [3.8, 4) is 0 Å². The van der Waals surface area contributed by atoms with Crippen LogP contribution in [-0.4, -0.2) is 43.2 Å². The van der Waals surface area contributed by atoms with Gasteiger partial charge in [-0.15, -0.1) is 0 Å². The third-order valence-electron chi connectivity index (χ3n) is 3.31. The Kier molecular flexibility index (Phi) is 5.68. The molecule has 0 aliphatic carbocycles. The first-order valence-corrected chi connectivity index (χ1v) is 7.19. The van der Waals surface area contributed by atoms with Gasteiger partial charge in [0.2, 0.25) is 0 Å². The number of nitrogens with one attached hydrogen (secondary N) is 1. The Morgan fingerprint density at radius 3 is 2.95 bits per heavy atom. The van der Waals surface area contributed by atoms with Gasteiger partial charge in [-0.3, -0.25) is 9.78 Å². The zero-order chi connectivity index (χ0) is 15.1. The third-order valence-corrected chi connectivity index (χ3v) is 3.31. The standard InChI is InChI=1S/C15H20N2O4/c1-2-21-15(19)12-5-6-13(16-9-12)14(18)17-8-11-4-3-7-20-10-11/h5-6,9,11H,2-4,7-8,10H2,1H3,(H,17,18). The summed E-state index contributed by atoms with van der Waals surface area (Å²) in [5.74, 6) is -0.311. The molecule has 2 rings (SSSR count). The topological polar surface area (TPSA) is 77.5 Å². The van der Waals surface area contributed by atoms with E-state index >= 15 is 0 Å². The van der Waals surface area contributed by atoms with Crippen LogP contribution in [-0.2, 0) is 9.47 Å². The van der Waals surface area contributed by atoms with Gasteiger partial charge in [-0.25, -0.2) is 4.79 Å². The monoisotopic (exact) mass is 292 g/mol. The fourth-order valence-corrected chi connectivity index (χ4v) is 2.16. The molecule has 0 radical (unpaired) electrons. The van der Waals surface area contributed by atoms with Crippen LogP contribution in [0.1, 0.15) is 40.6 Å². The Bertz CT molecular complexity index is 481. The summed E-state index contributed by atoms with van der Waals surface area (Å²) in [6.45, 7) is 4.13. The minimum Gasteiger partial charge on any atom is -0.462 e. The second kappa shape index (κ2) is 7.73. The number of amides is 1. The number of aromatic nitrogens is 1. The number of ether oxygens (including phenoxy) is 2. The molecule has 6 nitrogen and oxygen atoms in total. The van der Waals surface area contributed by atoms with Crippen molar-refractivity contribution in [1.29, 1.82) is 0 Å². The van der Waals surface area contributed by atoms with Crippen molar-refractivity contribution in [3.05, 3.63) is 29.6 Å². The van der Waals surface area contributed by atoms with Crippen LogP contribution >= 0.6 is 0 Å². The molecule has 21 heavy (non-hydrogen) atoms. The maximum Gasteiger partial charge on any atom is 0.339 e. The lowest BCUT2D eigenvalue weighted by Crippen LogP contribution is -2.33. The van der Waals surface area contributed by atoms with Crippen LogP contribution in [0.4, 0.5) is 0 Å². The van der Waals surface area contributed by atoms with Crippen LogP contribution in [0.5, 0.6) is 0 Å². The fraction of sp³-hybridized carbons (Fsp3) is 0.533. The maximum absolute atomic E-state index is 12.0. The minimum atomic E-state index is -0.434. The fourth-order valence-electron chi connectivity index (χ4n) is 2.16. The minimum absolute atomic E-state index is 0.240. The molecule has 1 fully saturated rings. The molecule has 0 spiro atoms. The Morgan fingerprint density at radius 1 is 1.48 bits per heavy atom. The first kappa shape index (κ1) is 15.4. The molecular weight excluding hydrogens is 272 g/mol. The molecule has 1 aliphatic rings. The van der Waals surface area contributed by atoms with E-state index in [0.717, 1.165) is 19.4 Å². The van der Waals surface area contributed by atoms with Gasteiger partial charge >= 0.3 is 5.97 Å². The molecule has 1 atom stereocenters. The van der Waals surface area contributed by atoms with Crippen LogP contribution in [0.2, 0.25) is 0 Å². The summed E-state index contributed by atoms with van der Waals surface area (Å²) in [5.41, 5.74) is 0.633. The summed E-state index contributed by atoms with van der Waals surface area (Å²) in [5, 5.41) is 2.84. The predicted octanol–water partition coefficient (Wildman–Crippen LogP) is 1.41. The van der Waals surface area contributed by atoms with Gasteiger partial charge < -0.3 is 14.8 Å². The van der Waals surface area contributed by atoms with Crippen molar-refractivity contribution >= 4 is 11.9 Å². The average molecular weight is 292 g/mol. The molecule has 1 amide bonds. The molecule has 1 N–H and O–H groups in total. The normalized spacial score (nSPS) is 18.0. The van der Waals surface area contributed by atoms with Crippen LogP contribution in [0.3, 0.4) is 0 Å². The van der Waals surface area contributed by atoms with Gasteiger partial charge in [0.05, 0.1) is 18.8 Å². The molecule has 114 valence electrons. The first-order chi connectivity index (χ1) is 10.2. The number of nitrogens with zero attached hydrogens (tertiary/aromatic N) is 1. The van der Waals surface area contributed by atoms with Gasteiger partial charge in [-0.05, 0) is 37.8 Å². The van der Waals surface area contributed by atoms with Crippen molar-refractivity contribution in [2.75, 3.05) is 26.4 Å². The predicted molar refractivity (Wildman–Crippen MR) is 76.1 cm³/mol. The van der Waals surface area contributed by atoms with E-state index < -0.39 is 5.97 Å². The molecule has 1 saturated heterocycles. The highest BCUT2D eigenvalue weighted by atomic mass is 16.5. The van der Waals surface area contributed by atoms with Crippen molar-refractivity contribution in [1.82, 2.24) is 10.3 Å². The van der Waals surface area contributed by atoms with Crippen molar-refractivity contribution in [2.24, 2.45) is 5.92 Å². The Labute approximate surface area is 123 Å². The second-order valence-electron chi connectivity index (χ2n) is 4.95. The third kappa shape index (κ3) is 4.53. The second-order valence-corrected chi connectivity index (χ2v) is 4.95. The molecule has 0 aromatic carbocycles. The van der Waals surface area contributed by atoms with E-state index in [-0.39, 0.29) is 5.91 Å². The van der Waals surface area contributed by atoms with Gasteiger partial charge in [0, 0.05) is 19.3 Å². The molecule has 6 heteroatoms. The number of hydrogen-bond acceptors (Lipinski definition) is 5. The lowest BCUT2D eigenvalue weighted by Gasteiger charge is -2.22. The number of carbonyl (C=O) groups is 2. The maximum atomic E-state index is 12.0. The van der Waals surface area contributed by atoms with Gasteiger partial charge in [0.1, 0.15) is 5.69 Å². The van der Waals surface area contributed by atoms with Crippen molar-refractivity contribution < 1.29 is 19.1 Å². The Hall–Kier alpha value is -1.95. The van der Waals surface area contributed by atoms with E-state index in [1.54, 1.807) is 13.0 Å². The number of pyridine rings is 1. The van der Waals surface area contributed by atoms with E-state index in [2.05, 4.69) is 10.3 Å². The van der Waals surface area contributed by atoms with Crippen molar-refractivity contribution in [3.63, 3.8) is 0 Å². The van der Waals surface area contributed by atoms with E-state index in [9.17, 15) is 9.59 Å². The molecule has 1 aromatic rings. The number of carbonyl (C=O) groups excluding carboxylic acids is 2. The van der Waals surface area contributed by atoms with E-state index in [1.165, 1.54) is 12.3 Å². The summed E-state index contributed by atoms with van der Waals surface area (Å²) >= 11 is 0. The highest BCUT2D eigenvalue weighted by Crippen LogP contribution is 2.12. The molecule has 0 saturated carbocycles. The lowest BCUT2D eigenvalue weighted by atomic mass is 10.0. The van der Waals surface area contributed by atoms with Gasteiger partial charge in [0.15, 0.2) is 0 Å². The van der Waals surface area contributed by atoms with Crippen LogP contribution in [0, 0.1) is 5.92 Å². The Morgan fingerprint density at radius 2 is 2.33 bits per heavy atom. The molecule has 0 bridgehead atoms. The van der Waals surface area contributed by atoms with Crippen molar-refractivity contribution in [2.45, 2.75) is 19.8 Å². The molecule has 1 aromatic heterocycles. The molecule has 1 unspecified atom stereocenters. The van der Waals surface area contributed by atoms with Gasteiger partial charge in [-0.2, -0.15) is 0 Å². The number of esters is 1. The molecule has 1 aliphatic heterocycles. The zero-order valence-electron chi connectivity index (χ0n) is 12.1. The number of hydrogen-bond donors (Lipinski definition) is 1. The SMILES string of the molecule is CCOC(=O)c1ccc(C(=O)NCC2CCCOC2)nc1. The molecule has 2 heterocycles. The highest BCUT2D eigenvalue weighted by molar-refractivity contribution is 5.94. The average Bonchev–Trinajstić information content (AvgIpc) is 2.54. The summed E-state index contributed by atoms with van der Waals surface area (Å²) in [4.78, 5) is 27.4. The lowest BCUT2D eigenvalue weighted by molar-refractivity contribution is 0.0522. The smallest absolute Gasteiger partial charge is 0.339 e. The largest absolute Gasteiger partial charge is 0.462 e. The summed E-state index contributed by atoms with van der Waals surface area (Å²) in [6, 6.07) is 3.07.